The largest absolute Gasteiger partial charge is 0.299 e. The highest BCUT2D eigenvalue weighted by atomic mass is 32.1. The summed E-state index contributed by atoms with van der Waals surface area (Å²) in [5.41, 5.74) is 3.18. The zero-order valence-corrected chi connectivity index (χ0v) is 15.6. The van der Waals surface area contributed by atoms with Gasteiger partial charge in [0.25, 0.3) is 0 Å². The molecule has 0 bridgehead atoms. The Morgan fingerprint density at radius 2 is 1.24 bits per heavy atom. The van der Waals surface area contributed by atoms with Gasteiger partial charge in [-0.1, -0.05) is 36.4 Å². The van der Waals surface area contributed by atoms with Crippen LogP contribution in [-0.4, -0.2) is 11.4 Å². The van der Waals surface area contributed by atoms with Crippen molar-refractivity contribution < 1.29 is 0 Å². The van der Waals surface area contributed by atoms with E-state index in [-0.39, 0.29) is 0 Å². The Hall–Kier alpha value is -2.34. The van der Waals surface area contributed by atoms with Crippen molar-refractivity contribution in [3.63, 3.8) is 0 Å². The van der Waals surface area contributed by atoms with Gasteiger partial charge in [0.1, 0.15) is 0 Å². The SMILES string of the molecule is N=C(c1cccs1)c1ccccc1N=C(c1cccs1)c1cccs1. The molecule has 122 valence electrons. The summed E-state index contributed by atoms with van der Waals surface area (Å²) in [4.78, 5) is 8.21. The molecule has 2 nitrogen and oxygen atoms in total. The van der Waals surface area contributed by atoms with E-state index >= 15 is 0 Å². The van der Waals surface area contributed by atoms with Crippen molar-refractivity contribution in [2.75, 3.05) is 0 Å². The van der Waals surface area contributed by atoms with Gasteiger partial charge in [0.15, 0.2) is 0 Å². The van der Waals surface area contributed by atoms with Gasteiger partial charge in [0.05, 0.1) is 31.7 Å². The Bertz CT molecular complexity index is 959. The molecular formula is C20H14N2S3. The molecule has 4 aromatic rings. The van der Waals surface area contributed by atoms with Crippen LogP contribution in [0.3, 0.4) is 0 Å². The number of rotatable bonds is 5. The van der Waals surface area contributed by atoms with E-state index in [1.807, 2.05) is 53.9 Å². The van der Waals surface area contributed by atoms with Gasteiger partial charge in [-0.2, -0.15) is 0 Å². The minimum atomic E-state index is 0.519. The topological polar surface area (TPSA) is 36.2 Å². The van der Waals surface area contributed by atoms with Crippen LogP contribution in [0.5, 0.6) is 0 Å². The Labute approximate surface area is 158 Å². The molecule has 5 heteroatoms. The molecule has 1 N–H and O–H groups in total. The van der Waals surface area contributed by atoms with E-state index in [0.717, 1.165) is 31.6 Å². The summed E-state index contributed by atoms with van der Waals surface area (Å²) >= 11 is 4.95. The number of hydrogen-bond donors (Lipinski definition) is 1. The number of aliphatic imine (C=N–C) groups is 1. The molecule has 0 atom stereocenters. The second kappa shape index (κ2) is 7.27. The minimum Gasteiger partial charge on any atom is -0.299 e. The lowest BCUT2D eigenvalue weighted by molar-refractivity contribution is 1.44. The highest BCUT2D eigenvalue weighted by molar-refractivity contribution is 7.16. The number of thiophene rings is 3. The third-order valence-corrected chi connectivity index (χ3v) is 6.32. The number of benzene rings is 1. The number of hydrogen-bond acceptors (Lipinski definition) is 5. The average molecular weight is 379 g/mol. The molecule has 0 unspecified atom stereocenters. The maximum absolute atomic E-state index is 8.57. The van der Waals surface area contributed by atoms with Crippen LogP contribution in [0.4, 0.5) is 5.69 Å². The molecule has 0 aliphatic heterocycles. The van der Waals surface area contributed by atoms with Gasteiger partial charge in [-0.3, -0.25) is 5.41 Å². The average Bonchev–Trinajstić information content (AvgIpc) is 3.43. The smallest absolute Gasteiger partial charge is 0.0981 e. The molecular weight excluding hydrogens is 364 g/mol. The van der Waals surface area contributed by atoms with Crippen LogP contribution in [0.1, 0.15) is 20.2 Å². The van der Waals surface area contributed by atoms with E-state index in [1.54, 1.807) is 34.0 Å². The minimum absolute atomic E-state index is 0.519. The molecule has 0 aliphatic rings. The van der Waals surface area contributed by atoms with Crippen LogP contribution < -0.4 is 0 Å². The zero-order valence-electron chi connectivity index (χ0n) is 13.2. The summed E-state index contributed by atoms with van der Waals surface area (Å²) in [6.07, 6.45) is 0. The maximum atomic E-state index is 8.57. The van der Waals surface area contributed by atoms with E-state index < -0.39 is 0 Å². The summed E-state index contributed by atoms with van der Waals surface area (Å²) < 4.78 is 0. The van der Waals surface area contributed by atoms with E-state index in [4.69, 9.17) is 10.4 Å². The Kier molecular flexibility index (Phi) is 4.70. The molecule has 0 spiro atoms. The van der Waals surface area contributed by atoms with Gasteiger partial charge in [-0.25, -0.2) is 4.99 Å². The van der Waals surface area contributed by atoms with Crippen molar-refractivity contribution >= 4 is 51.1 Å². The van der Waals surface area contributed by atoms with Crippen LogP contribution in [0.15, 0.2) is 81.8 Å². The molecule has 3 heterocycles. The summed E-state index contributed by atoms with van der Waals surface area (Å²) in [6, 6.07) is 20.1. The predicted octanol–water partition coefficient (Wildman–Crippen LogP) is 6.46. The zero-order chi connectivity index (χ0) is 17.1. The van der Waals surface area contributed by atoms with Crippen LogP contribution in [-0.2, 0) is 0 Å². The summed E-state index contributed by atoms with van der Waals surface area (Å²) in [5, 5.41) is 14.7. The monoisotopic (exact) mass is 378 g/mol. The van der Waals surface area contributed by atoms with Gasteiger partial charge < -0.3 is 0 Å². The molecule has 0 saturated carbocycles. The van der Waals surface area contributed by atoms with Gasteiger partial charge in [-0.15, -0.1) is 34.0 Å². The first kappa shape index (κ1) is 16.1. The van der Waals surface area contributed by atoms with Crippen molar-refractivity contribution in [2.45, 2.75) is 0 Å². The van der Waals surface area contributed by atoms with E-state index in [0.29, 0.717) is 5.71 Å². The summed E-state index contributed by atoms with van der Waals surface area (Å²) in [7, 11) is 0. The molecule has 1 aromatic carbocycles. The fourth-order valence-electron chi connectivity index (χ4n) is 2.51. The van der Waals surface area contributed by atoms with E-state index in [9.17, 15) is 0 Å². The van der Waals surface area contributed by atoms with Gasteiger partial charge in [0.2, 0.25) is 0 Å². The van der Waals surface area contributed by atoms with Crippen LogP contribution >= 0.6 is 34.0 Å². The summed E-state index contributed by atoms with van der Waals surface area (Å²) in [5.74, 6) is 0. The van der Waals surface area contributed by atoms with Gasteiger partial charge in [0, 0.05) is 5.56 Å². The molecule has 4 rings (SSSR count). The molecule has 3 aromatic heterocycles. The molecule has 0 aliphatic carbocycles. The lowest BCUT2D eigenvalue weighted by Gasteiger charge is -2.08. The van der Waals surface area contributed by atoms with Crippen molar-refractivity contribution in [1.82, 2.24) is 0 Å². The van der Waals surface area contributed by atoms with Crippen LogP contribution in [0, 0.1) is 5.41 Å². The van der Waals surface area contributed by atoms with Gasteiger partial charge >= 0.3 is 0 Å². The van der Waals surface area contributed by atoms with Crippen molar-refractivity contribution in [3.8, 4) is 0 Å². The van der Waals surface area contributed by atoms with Crippen molar-refractivity contribution in [1.29, 1.82) is 5.41 Å². The lowest BCUT2D eigenvalue weighted by atomic mass is 10.1. The second-order valence-electron chi connectivity index (χ2n) is 5.28. The highest BCUT2D eigenvalue weighted by Crippen LogP contribution is 2.28. The standard InChI is InChI=1S/C20H14N2S3/c21-19(16-8-3-11-23-16)14-6-1-2-7-15(14)22-20(17-9-4-12-24-17)18-10-5-13-25-18/h1-13,21H. The first-order valence-corrected chi connectivity index (χ1v) is 10.3. The van der Waals surface area contributed by atoms with Crippen molar-refractivity contribution in [2.24, 2.45) is 4.99 Å². The first-order valence-electron chi connectivity index (χ1n) is 7.71. The second-order valence-corrected chi connectivity index (χ2v) is 8.13. The van der Waals surface area contributed by atoms with E-state index in [1.165, 1.54) is 0 Å². The van der Waals surface area contributed by atoms with Crippen molar-refractivity contribution in [3.05, 3.63) is 97.0 Å². The Morgan fingerprint density at radius 3 is 1.80 bits per heavy atom. The highest BCUT2D eigenvalue weighted by Gasteiger charge is 2.14. The fourth-order valence-corrected chi connectivity index (χ4v) is 4.72. The molecule has 25 heavy (non-hydrogen) atoms. The summed E-state index contributed by atoms with van der Waals surface area (Å²) in [6.45, 7) is 0. The molecule has 0 saturated heterocycles. The maximum Gasteiger partial charge on any atom is 0.0981 e. The quantitative estimate of drug-likeness (QED) is 0.387. The van der Waals surface area contributed by atoms with Crippen LogP contribution in [0.2, 0.25) is 0 Å². The molecule has 0 fully saturated rings. The number of nitrogens with one attached hydrogen (secondary N) is 1. The number of nitrogens with zero attached hydrogens (tertiary/aromatic N) is 1. The van der Waals surface area contributed by atoms with Crippen LogP contribution in [0.25, 0.3) is 0 Å². The third-order valence-electron chi connectivity index (χ3n) is 3.68. The number of para-hydroxylation sites is 1. The lowest BCUT2D eigenvalue weighted by Crippen LogP contribution is -2.02. The van der Waals surface area contributed by atoms with Gasteiger partial charge in [-0.05, 0) is 40.4 Å². The first-order chi connectivity index (χ1) is 12.3. The predicted molar refractivity (Wildman–Crippen MR) is 111 cm³/mol. The Balaban J connectivity index is 1.84. The van der Waals surface area contributed by atoms with E-state index in [2.05, 4.69) is 22.9 Å². The molecule has 0 amide bonds. The normalized spacial score (nSPS) is 10.6. The fraction of sp³-hybridized carbons (Fsp3) is 0. The third kappa shape index (κ3) is 3.39. The molecule has 0 radical (unpaired) electrons. The Morgan fingerprint density at radius 1 is 0.680 bits per heavy atom.